The summed E-state index contributed by atoms with van der Waals surface area (Å²) in [4.78, 5) is 8.59. The molecule has 18 heavy (non-hydrogen) atoms. The minimum absolute atomic E-state index is 0.0564. The normalized spacial score (nSPS) is 18.4. The van der Waals surface area contributed by atoms with Crippen LogP contribution in [0.3, 0.4) is 0 Å². The number of pyridine rings is 1. The Labute approximate surface area is 104 Å². The summed E-state index contributed by atoms with van der Waals surface area (Å²) in [7, 11) is 0. The molecule has 0 atom stereocenters. The molecule has 0 spiro atoms. The van der Waals surface area contributed by atoms with E-state index in [-0.39, 0.29) is 6.61 Å². The van der Waals surface area contributed by atoms with Crippen molar-refractivity contribution in [1.29, 1.82) is 0 Å². The number of aliphatic hydroxyl groups is 1. The predicted molar refractivity (Wildman–Crippen MR) is 67.4 cm³/mol. The molecule has 88 valence electrons. The molecule has 1 aromatic rings. The van der Waals surface area contributed by atoms with Gasteiger partial charge >= 0.3 is 0 Å². The molecular weight excluding hydrogens is 228 g/mol. The van der Waals surface area contributed by atoms with E-state index in [1.54, 1.807) is 18.5 Å². The Morgan fingerprint density at radius 3 is 3.22 bits per heavy atom. The molecule has 0 saturated carbocycles. The number of hydrogen-bond donors (Lipinski definition) is 1. The monoisotopic (exact) mass is 238 g/mol. The third-order valence-corrected chi connectivity index (χ3v) is 3.28. The number of aliphatic imine (C=N–C) groups is 1. The van der Waals surface area contributed by atoms with Crippen LogP contribution >= 0.6 is 0 Å². The summed E-state index contributed by atoms with van der Waals surface area (Å²) in [5.74, 6) is 1.44. The quantitative estimate of drug-likeness (QED) is 0.821. The minimum atomic E-state index is -0.0564. The van der Waals surface area contributed by atoms with E-state index >= 15 is 0 Å². The summed E-state index contributed by atoms with van der Waals surface area (Å²) >= 11 is 0. The van der Waals surface area contributed by atoms with E-state index in [9.17, 15) is 5.11 Å². The molecule has 1 aliphatic carbocycles. The van der Waals surface area contributed by atoms with Gasteiger partial charge in [-0.05, 0) is 23.8 Å². The summed E-state index contributed by atoms with van der Waals surface area (Å²) < 4.78 is 5.85. The first-order valence-corrected chi connectivity index (χ1v) is 5.82. The van der Waals surface area contributed by atoms with E-state index in [0.717, 1.165) is 34.7 Å². The van der Waals surface area contributed by atoms with Crippen molar-refractivity contribution in [1.82, 2.24) is 4.98 Å². The van der Waals surface area contributed by atoms with E-state index in [4.69, 9.17) is 4.74 Å². The average molecular weight is 238 g/mol. The van der Waals surface area contributed by atoms with Gasteiger partial charge < -0.3 is 9.84 Å². The van der Waals surface area contributed by atoms with E-state index in [2.05, 4.69) is 9.98 Å². The minimum Gasteiger partial charge on any atom is -0.454 e. The van der Waals surface area contributed by atoms with Gasteiger partial charge in [-0.2, -0.15) is 0 Å². The number of ether oxygens (including phenoxy) is 1. The van der Waals surface area contributed by atoms with Crippen LogP contribution in [0.1, 0.15) is 17.0 Å². The fraction of sp³-hybridized carbons (Fsp3) is 0.143. The zero-order chi connectivity index (χ0) is 12.1. The number of aliphatic hydroxyl groups excluding tert-OH is 1. The number of aromatic nitrogens is 1. The van der Waals surface area contributed by atoms with Crippen LogP contribution < -0.4 is 4.74 Å². The van der Waals surface area contributed by atoms with Crippen LogP contribution in [-0.4, -0.2) is 22.9 Å². The van der Waals surface area contributed by atoms with Gasteiger partial charge in [-0.1, -0.05) is 0 Å². The summed E-state index contributed by atoms with van der Waals surface area (Å²) in [6.45, 7) is -0.0564. The number of hydrogen-bond acceptors (Lipinski definition) is 4. The second-order valence-corrected chi connectivity index (χ2v) is 4.41. The van der Waals surface area contributed by atoms with Crippen LogP contribution in [0.5, 0.6) is 5.75 Å². The lowest BCUT2D eigenvalue weighted by Crippen LogP contribution is -2.12. The van der Waals surface area contributed by atoms with Crippen molar-refractivity contribution in [2.24, 2.45) is 4.99 Å². The summed E-state index contributed by atoms with van der Waals surface area (Å²) in [5.41, 5.74) is 4.75. The molecule has 0 fully saturated rings. The molecule has 4 nitrogen and oxygen atoms in total. The lowest BCUT2D eigenvalue weighted by molar-refractivity contribution is 0.344. The Bertz CT molecular complexity index is 681. The lowest BCUT2D eigenvalue weighted by Gasteiger charge is -2.21. The van der Waals surface area contributed by atoms with Crippen molar-refractivity contribution in [2.45, 2.75) is 6.42 Å². The van der Waals surface area contributed by atoms with Crippen LogP contribution in [-0.2, 0) is 6.42 Å². The molecule has 0 radical (unpaired) electrons. The van der Waals surface area contributed by atoms with Gasteiger partial charge in [0.25, 0.3) is 0 Å². The zero-order valence-corrected chi connectivity index (χ0v) is 9.55. The van der Waals surface area contributed by atoms with Crippen molar-refractivity contribution < 1.29 is 9.84 Å². The van der Waals surface area contributed by atoms with Gasteiger partial charge in [0, 0.05) is 35.7 Å². The predicted octanol–water partition coefficient (Wildman–Crippen LogP) is 1.61. The van der Waals surface area contributed by atoms with Crippen LogP contribution in [0, 0.1) is 0 Å². The topological polar surface area (TPSA) is 54.7 Å². The van der Waals surface area contributed by atoms with E-state index in [1.165, 1.54) is 5.56 Å². The third-order valence-electron chi connectivity index (χ3n) is 3.28. The third kappa shape index (κ3) is 1.29. The van der Waals surface area contributed by atoms with Gasteiger partial charge in [0.2, 0.25) is 0 Å². The number of rotatable bonds is 1. The maximum Gasteiger partial charge on any atom is 0.153 e. The fourth-order valence-electron chi connectivity index (χ4n) is 2.29. The molecule has 3 heterocycles. The first-order valence-electron chi connectivity index (χ1n) is 5.82. The summed E-state index contributed by atoms with van der Waals surface area (Å²) in [6.07, 6.45) is 7.95. The van der Waals surface area contributed by atoms with Gasteiger partial charge in [-0.3, -0.25) is 4.99 Å². The van der Waals surface area contributed by atoms with Crippen LogP contribution in [0.25, 0.3) is 5.57 Å². The van der Waals surface area contributed by atoms with E-state index in [0.29, 0.717) is 5.76 Å². The highest BCUT2D eigenvalue weighted by molar-refractivity contribution is 5.84. The fourth-order valence-corrected chi connectivity index (χ4v) is 2.29. The molecule has 0 unspecified atom stereocenters. The number of nitrogens with zero attached hydrogens (tertiary/aromatic N) is 2. The molecule has 4 rings (SSSR count). The SMILES string of the molecule is OCC1=C2C=CN=CC=C2Oc2cc3c(nc21)C3. The highest BCUT2D eigenvalue weighted by Gasteiger charge is 2.29. The lowest BCUT2D eigenvalue weighted by atomic mass is 10.00. The zero-order valence-electron chi connectivity index (χ0n) is 9.55. The molecular formula is C14H10N2O2. The van der Waals surface area contributed by atoms with E-state index < -0.39 is 0 Å². The number of fused-ring (bicyclic) bond motifs is 3. The van der Waals surface area contributed by atoms with Gasteiger partial charge in [-0.25, -0.2) is 4.98 Å². The highest BCUT2D eigenvalue weighted by atomic mass is 16.5. The van der Waals surface area contributed by atoms with Crippen molar-refractivity contribution >= 4 is 11.8 Å². The van der Waals surface area contributed by atoms with Gasteiger partial charge in [-0.15, -0.1) is 0 Å². The Morgan fingerprint density at radius 2 is 2.33 bits per heavy atom. The Balaban J connectivity index is 1.99. The summed E-state index contributed by atoms with van der Waals surface area (Å²) in [5, 5.41) is 9.62. The highest BCUT2D eigenvalue weighted by Crippen LogP contribution is 2.41. The van der Waals surface area contributed by atoms with E-state index in [1.807, 2.05) is 12.1 Å². The van der Waals surface area contributed by atoms with Crippen LogP contribution in [0.2, 0.25) is 0 Å². The second kappa shape index (κ2) is 3.40. The molecule has 0 saturated heterocycles. The molecule has 4 heteroatoms. The molecule has 3 aliphatic rings. The van der Waals surface area contributed by atoms with Crippen molar-refractivity contribution in [3.8, 4) is 5.75 Å². The first kappa shape index (κ1) is 9.79. The smallest absolute Gasteiger partial charge is 0.153 e. The molecule has 2 aliphatic heterocycles. The molecule has 0 amide bonds. The molecule has 0 aromatic carbocycles. The van der Waals surface area contributed by atoms with Gasteiger partial charge in [0.15, 0.2) is 5.75 Å². The Morgan fingerprint density at radius 1 is 1.39 bits per heavy atom. The molecule has 0 bridgehead atoms. The largest absolute Gasteiger partial charge is 0.454 e. The standard InChI is InChI=1S/C14H10N2O2/c17-7-10-9-1-3-15-4-2-12(9)18-13-6-8-5-11(8)16-14(10)13/h1-4,6,17H,5,7H2. The van der Waals surface area contributed by atoms with Gasteiger partial charge in [0.05, 0.1) is 6.61 Å². The van der Waals surface area contributed by atoms with Crippen molar-refractivity contribution in [3.63, 3.8) is 0 Å². The van der Waals surface area contributed by atoms with Crippen LogP contribution in [0.15, 0.2) is 40.7 Å². The summed E-state index contributed by atoms with van der Waals surface area (Å²) in [6, 6.07) is 2.01. The van der Waals surface area contributed by atoms with Gasteiger partial charge in [0.1, 0.15) is 11.5 Å². The molecule has 1 aromatic heterocycles. The maximum absolute atomic E-state index is 9.62. The Hall–Kier alpha value is -2.20. The van der Waals surface area contributed by atoms with Crippen molar-refractivity contribution in [2.75, 3.05) is 6.61 Å². The molecule has 1 N–H and O–H groups in total. The first-order chi connectivity index (χ1) is 8.86. The maximum atomic E-state index is 9.62. The average Bonchev–Trinajstić information content (AvgIpc) is 3.15. The van der Waals surface area contributed by atoms with Crippen LogP contribution in [0.4, 0.5) is 0 Å². The second-order valence-electron chi connectivity index (χ2n) is 4.41. The van der Waals surface area contributed by atoms with Crippen molar-refractivity contribution in [3.05, 3.63) is 52.7 Å². The Kier molecular flexibility index (Phi) is 1.85. The number of allylic oxidation sites excluding steroid dienone is 2.